The summed E-state index contributed by atoms with van der Waals surface area (Å²) < 4.78 is 7.23. The van der Waals surface area contributed by atoms with Crippen LogP contribution in [0.3, 0.4) is 0 Å². The Morgan fingerprint density at radius 3 is 3.17 bits per heavy atom. The van der Waals surface area contributed by atoms with Crippen LogP contribution in [0.15, 0.2) is 18.5 Å². The highest BCUT2D eigenvalue weighted by Crippen LogP contribution is 2.15. The van der Waals surface area contributed by atoms with E-state index in [1.807, 2.05) is 20.2 Å². The molecule has 98 valence electrons. The summed E-state index contributed by atoms with van der Waals surface area (Å²) in [4.78, 5) is 11.7. The van der Waals surface area contributed by atoms with Crippen LogP contribution in [0.2, 0.25) is 0 Å². The molecule has 0 radical (unpaired) electrons. The summed E-state index contributed by atoms with van der Waals surface area (Å²) in [6.07, 6.45) is 9.11. The normalized spacial score (nSPS) is 21.3. The fourth-order valence-electron chi connectivity index (χ4n) is 2.06. The van der Waals surface area contributed by atoms with Gasteiger partial charge in [0.05, 0.1) is 18.3 Å². The van der Waals surface area contributed by atoms with Crippen molar-refractivity contribution in [2.45, 2.75) is 31.9 Å². The number of carbonyl (C=O) groups excluding carboxylic acids is 1. The highest BCUT2D eigenvalue weighted by atomic mass is 16.5. The fraction of sp³-hybridized carbons (Fsp3) is 0.538. The van der Waals surface area contributed by atoms with Crippen LogP contribution >= 0.6 is 0 Å². The molecular formula is C13H19N3O2. The summed E-state index contributed by atoms with van der Waals surface area (Å²) in [6.45, 7) is 2.78. The van der Waals surface area contributed by atoms with Gasteiger partial charge in [0.15, 0.2) is 0 Å². The van der Waals surface area contributed by atoms with Gasteiger partial charge < -0.3 is 10.1 Å². The lowest BCUT2D eigenvalue weighted by molar-refractivity contribution is -0.117. The largest absolute Gasteiger partial charge is 0.376 e. The monoisotopic (exact) mass is 249 g/mol. The second-order valence-electron chi connectivity index (χ2n) is 4.63. The van der Waals surface area contributed by atoms with Crippen LogP contribution in [0.5, 0.6) is 0 Å². The van der Waals surface area contributed by atoms with E-state index in [1.165, 1.54) is 6.08 Å². The van der Waals surface area contributed by atoms with Crippen LogP contribution in [0.1, 0.15) is 25.3 Å². The first kappa shape index (κ1) is 12.8. The molecule has 0 spiro atoms. The van der Waals surface area contributed by atoms with E-state index in [9.17, 15) is 4.79 Å². The van der Waals surface area contributed by atoms with E-state index in [1.54, 1.807) is 17.0 Å². The van der Waals surface area contributed by atoms with Crippen LogP contribution in [0.25, 0.3) is 6.08 Å². The zero-order chi connectivity index (χ0) is 13.0. The molecule has 1 aliphatic rings. The summed E-state index contributed by atoms with van der Waals surface area (Å²) >= 11 is 0. The van der Waals surface area contributed by atoms with Crippen LogP contribution in [-0.4, -0.2) is 34.4 Å². The third kappa shape index (κ3) is 3.43. The molecule has 18 heavy (non-hydrogen) atoms. The molecule has 2 heterocycles. The van der Waals surface area contributed by atoms with E-state index < -0.39 is 0 Å². The lowest BCUT2D eigenvalue weighted by Crippen LogP contribution is -2.39. The average molecular weight is 249 g/mol. The SMILES string of the molecule is C[C@H](NC(=O)/C=C\c1cnn(C)c1)[C@@H]1CCCO1. The lowest BCUT2D eigenvalue weighted by Gasteiger charge is -2.18. The van der Waals surface area contributed by atoms with Gasteiger partial charge in [-0.15, -0.1) is 0 Å². The summed E-state index contributed by atoms with van der Waals surface area (Å²) in [5, 5.41) is 6.95. The number of ether oxygens (including phenoxy) is 1. The van der Waals surface area contributed by atoms with E-state index in [4.69, 9.17) is 4.74 Å². The minimum Gasteiger partial charge on any atom is -0.376 e. The molecule has 2 atom stereocenters. The quantitative estimate of drug-likeness (QED) is 0.813. The van der Waals surface area contributed by atoms with Gasteiger partial charge in [-0.25, -0.2) is 0 Å². The number of aromatic nitrogens is 2. The summed E-state index contributed by atoms with van der Waals surface area (Å²) in [5.74, 6) is -0.0955. The molecule has 0 saturated carbocycles. The predicted octanol–water partition coefficient (Wildman–Crippen LogP) is 1.12. The lowest BCUT2D eigenvalue weighted by atomic mass is 10.1. The van der Waals surface area contributed by atoms with E-state index in [0.29, 0.717) is 0 Å². The molecule has 0 aromatic carbocycles. The fourth-order valence-corrected chi connectivity index (χ4v) is 2.06. The average Bonchev–Trinajstić information content (AvgIpc) is 2.97. The molecule has 2 rings (SSSR count). The first-order valence-corrected chi connectivity index (χ1v) is 6.24. The third-order valence-corrected chi connectivity index (χ3v) is 3.04. The second-order valence-corrected chi connectivity index (χ2v) is 4.63. The van der Waals surface area contributed by atoms with Gasteiger partial charge >= 0.3 is 0 Å². The van der Waals surface area contributed by atoms with Crippen LogP contribution in [-0.2, 0) is 16.6 Å². The Morgan fingerprint density at radius 1 is 1.72 bits per heavy atom. The highest BCUT2D eigenvalue weighted by molar-refractivity contribution is 5.91. The maximum Gasteiger partial charge on any atom is 0.244 e. The van der Waals surface area contributed by atoms with Gasteiger partial charge in [0.25, 0.3) is 0 Å². The van der Waals surface area contributed by atoms with Crippen LogP contribution in [0.4, 0.5) is 0 Å². The molecule has 1 fully saturated rings. The standard InChI is InChI=1S/C13H19N3O2/c1-10(12-4-3-7-18-12)15-13(17)6-5-11-8-14-16(2)9-11/h5-6,8-10,12H,3-4,7H2,1-2H3,(H,15,17)/b6-5-/t10-,12-/m0/s1. The van der Waals surface area contributed by atoms with Crippen molar-refractivity contribution in [3.8, 4) is 0 Å². The number of carbonyl (C=O) groups is 1. The first-order valence-electron chi connectivity index (χ1n) is 6.24. The Balaban J connectivity index is 1.82. The second kappa shape index (κ2) is 5.82. The molecule has 1 aliphatic heterocycles. The molecule has 0 aliphatic carbocycles. The van der Waals surface area contributed by atoms with Gasteiger partial charge in [0.2, 0.25) is 5.91 Å². The summed E-state index contributed by atoms with van der Waals surface area (Å²) in [5.41, 5.74) is 0.914. The molecule has 5 nitrogen and oxygen atoms in total. The van der Waals surface area contributed by atoms with Gasteiger partial charge in [0.1, 0.15) is 0 Å². The predicted molar refractivity (Wildman–Crippen MR) is 68.8 cm³/mol. The van der Waals surface area contributed by atoms with Crippen molar-refractivity contribution in [3.63, 3.8) is 0 Å². The van der Waals surface area contributed by atoms with Gasteiger partial charge in [-0.1, -0.05) is 0 Å². The molecule has 5 heteroatoms. The Labute approximate surface area is 107 Å². The van der Waals surface area contributed by atoms with Crippen molar-refractivity contribution in [2.75, 3.05) is 6.61 Å². The first-order chi connectivity index (χ1) is 8.65. The zero-order valence-corrected chi connectivity index (χ0v) is 10.8. The number of amides is 1. The molecule has 1 N–H and O–H groups in total. The number of hydrogen-bond acceptors (Lipinski definition) is 3. The van der Waals surface area contributed by atoms with Crippen molar-refractivity contribution in [2.24, 2.45) is 7.05 Å². The molecular weight excluding hydrogens is 230 g/mol. The maximum absolute atomic E-state index is 11.7. The molecule has 0 bridgehead atoms. The summed E-state index contributed by atoms with van der Waals surface area (Å²) in [6, 6.07) is 0.0542. The Hall–Kier alpha value is -1.62. The number of rotatable bonds is 4. The van der Waals surface area contributed by atoms with Gasteiger partial charge in [-0.05, 0) is 25.8 Å². The smallest absolute Gasteiger partial charge is 0.244 e. The topological polar surface area (TPSA) is 56.2 Å². The van der Waals surface area contributed by atoms with Gasteiger partial charge in [0, 0.05) is 31.5 Å². The van der Waals surface area contributed by atoms with Crippen LogP contribution < -0.4 is 5.32 Å². The minimum absolute atomic E-state index is 0.0542. The minimum atomic E-state index is -0.0955. The Bertz CT molecular complexity index is 433. The zero-order valence-electron chi connectivity index (χ0n) is 10.8. The maximum atomic E-state index is 11.7. The van der Waals surface area contributed by atoms with Crippen molar-refractivity contribution < 1.29 is 9.53 Å². The number of hydrogen-bond donors (Lipinski definition) is 1. The molecule has 1 amide bonds. The number of nitrogens with one attached hydrogen (secondary N) is 1. The summed E-state index contributed by atoms with van der Waals surface area (Å²) in [7, 11) is 1.84. The molecule has 1 aromatic rings. The van der Waals surface area contributed by atoms with Crippen molar-refractivity contribution in [3.05, 3.63) is 24.0 Å². The van der Waals surface area contributed by atoms with Crippen LogP contribution in [0, 0.1) is 0 Å². The molecule has 1 saturated heterocycles. The highest BCUT2D eigenvalue weighted by Gasteiger charge is 2.22. The number of aryl methyl sites for hydroxylation is 1. The van der Waals surface area contributed by atoms with E-state index in [0.717, 1.165) is 25.0 Å². The molecule has 1 aromatic heterocycles. The number of nitrogens with zero attached hydrogens (tertiary/aromatic N) is 2. The Kier molecular flexibility index (Phi) is 4.15. The van der Waals surface area contributed by atoms with Crippen molar-refractivity contribution in [1.82, 2.24) is 15.1 Å². The molecule has 0 unspecified atom stereocenters. The van der Waals surface area contributed by atoms with Crippen molar-refractivity contribution >= 4 is 12.0 Å². The third-order valence-electron chi connectivity index (χ3n) is 3.04. The van der Waals surface area contributed by atoms with E-state index >= 15 is 0 Å². The van der Waals surface area contributed by atoms with Crippen molar-refractivity contribution in [1.29, 1.82) is 0 Å². The Morgan fingerprint density at radius 2 is 2.56 bits per heavy atom. The van der Waals surface area contributed by atoms with E-state index in [2.05, 4.69) is 10.4 Å². The van der Waals surface area contributed by atoms with Gasteiger partial charge in [-0.2, -0.15) is 5.10 Å². The van der Waals surface area contributed by atoms with E-state index in [-0.39, 0.29) is 18.1 Å². The van der Waals surface area contributed by atoms with Gasteiger partial charge in [-0.3, -0.25) is 9.48 Å².